The monoisotopic (exact) mass is 390 g/mol. The van der Waals surface area contributed by atoms with Gasteiger partial charge in [0.15, 0.2) is 0 Å². The quantitative estimate of drug-likeness (QED) is 0.363. The van der Waals surface area contributed by atoms with Crippen molar-refractivity contribution < 1.29 is 0 Å². The molecule has 0 amide bonds. The van der Waals surface area contributed by atoms with Crippen LogP contribution in [0.3, 0.4) is 0 Å². The maximum atomic E-state index is 2.31. The first-order chi connectivity index (χ1) is 13.1. The Morgan fingerprint density at radius 2 is 0.852 bits per heavy atom. The lowest BCUT2D eigenvalue weighted by molar-refractivity contribution is 0.500. The molecule has 0 aliphatic rings. The molecule has 3 aromatic carbocycles. The number of nitrogens with zero attached hydrogens (tertiary/aromatic N) is 2. The van der Waals surface area contributed by atoms with Gasteiger partial charge in [-0.25, -0.2) is 0 Å². The standard InChI is InChI=1S/C23H27N2PSi/c1-24(2)23(25(3)4)26-27(20-14-8-5-9-15-20,21-16-10-6-11-17-21)22-18-12-7-13-19-22/h5-19H,1-4H3. The minimum Gasteiger partial charge on any atom is -0.269 e. The molecule has 4 heteroatoms. The van der Waals surface area contributed by atoms with Crippen molar-refractivity contribution in [1.29, 1.82) is 0 Å². The zero-order valence-electron chi connectivity index (χ0n) is 16.5. The first-order valence-corrected chi connectivity index (χ1v) is 12.9. The first kappa shape index (κ1) is 19.7. The van der Waals surface area contributed by atoms with E-state index >= 15 is 0 Å². The smallest absolute Gasteiger partial charge is 0.206 e. The third-order valence-electron chi connectivity index (χ3n) is 4.64. The van der Waals surface area contributed by atoms with Crippen molar-refractivity contribution in [2.45, 2.75) is 0 Å². The number of hydrogen-bond donors (Lipinski definition) is 0. The summed E-state index contributed by atoms with van der Waals surface area (Å²) in [7, 11) is 7.66. The fourth-order valence-corrected chi connectivity index (χ4v) is 12.2. The zero-order valence-corrected chi connectivity index (χ0v) is 18.4. The second-order valence-electron chi connectivity index (χ2n) is 7.01. The highest BCUT2D eigenvalue weighted by Crippen LogP contribution is 2.23. The Morgan fingerprint density at radius 1 is 0.556 bits per heavy atom. The summed E-state index contributed by atoms with van der Waals surface area (Å²) in [5, 5.41) is 4.31. The van der Waals surface area contributed by atoms with Crippen molar-refractivity contribution in [3.63, 3.8) is 0 Å². The van der Waals surface area contributed by atoms with Gasteiger partial charge < -0.3 is 0 Å². The molecule has 0 N–H and O–H groups in total. The Hall–Kier alpha value is -2.03. The minimum absolute atomic E-state index is 1.32. The lowest BCUT2D eigenvalue weighted by atomic mass is 10.3. The fourth-order valence-electron chi connectivity index (χ4n) is 3.48. The highest BCUT2D eigenvalue weighted by Gasteiger charge is 2.39. The van der Waals surface area contributed by atoms with Gasteiger partial charge in [-0.05, 0) is 43.8 Å². The Labute approximate surface area is 165 Å². The van der Waals surface area contributed by atoms with Gasteiger partial charge in [-0.1, -0.05) is 98.7 Å². The molecule has 3 aromatic rings. The van der Waals surface area contributed by atoms with E-state index in [4.69, 9.17) is 0 Å². The molecule has 0 heterocycles. The lowest BCUT2D eigenvalue weighted by Crippen LogP contribution is -2.63. The molecule has 0 atom stereocenters. The number of hydrogen-bond acceptors (Lipinski definition) is 0. The topological polar surface area (TPSA) is 6.48 Å². The van der Waals surface area contributed by atoms with E-state index in [1.807, 2.05) is 0 Å². The normalized spacial score (nSPS) is 11.9. The summed E-state index contributed by atoms with van der Waals surface area (Å²) in [4.78, 5) is 4.50. The molecule has 0 saturated heterocycles. The van der Waals surface area contributed by atoms with Crippen LogP contribution in [0.25, 0.3) is 0 Å². The van der Waals surface area contributed by atoms with Gasteiger partial charge in [0.05, 0.1) is 5.54 Å². The molecule has 0 bridgehead atoms. The summed E-state index contributed by atoms with van der Waals surface area (Å²) in [6, 6.07) is 33.2. The predicted octanol–water partition coefficient (Wildman–Crippen LogP) is 2.81. The molecular weight excluding hydrogens is 363 g/mol. The predicted molar refractivity (Wildman–Crippen MR) is 123 cm³/mol. The third-order valence-corrected chi connectivity index (χ3v) is 13.4. The summed E-state index contributed by atoms with van der Waals surface area (Å²) in [6.07, 6.45) is 0. The van der Waals surface area contributed by atoms with Gasteiger partial charge in [-0.15, -0.1) is 0 Å². The zero-order chi connectivity index (χ0) is 19.3. The first-order valence-electron chi connectivity index (χ1n) is 9.17. The van der Waals surface area contributed by atoms with Crippen molar-refractivity contribution in [2.24, 2.45) is 0 Å². The van der Waals surface area contributed by atoms with Gasteiger partial charge in [-0.3, -0.25) is 9.80 Å². The van der Waals surface area contributed by atoms with Crippen LogP contribution in [0.5, 0.6) is 0 Å². The van der Waals surface area contributed by atoms with E-state index in [0.29, 0.717) is 0 Å². The van der Waals surface area contributed by atoms with E-state index < -0.39 is 7.74 Å². The van der Waals surface area contributed by atoms with Crippen molar-refractivity contribution >= 4 is 36.6 Å². The van der Waals surface area contributed by atoms with Crippen LogP contribution in [0.1, 0.15) is 0 Å². The average molecular weight is 391 g/mol. The SMILES string of the molecule is CN(C)C(=P[Si](c1ccccc1)(c1ccccc1)c1ccccc1)N(C)C. The molecule has 2 nitrogen and oxygen atoms in total. The van der Waals surface area contributed by atoms with Crippen LogP contribution in [0, 0.1) is 0 Å². The molecule has 138 valence electrons. The largest absolute Gasteiger partial charge is 0.269 e. The minimum atomic E-state index is -2.26. The van der Waals surface area contributed by atoms with Gasteiger partial charge in [0.2, 0.25) is 7.74 Å². The van der Waals surface area contributed by atoms with Crippen LogP contribution in [0.4, 0.5) is 0 Å². The van der Waals surface area contributed by atoms with Crippen molar-refractivity contribution in [2.75, 3.05) is 28.2 Å². The van der Waals surface area contributed by atoms with Crippen molar-refractivity contribution in [3.8, 4) is 0 Å². The summed E-state index contributed by atoms with van der Waals surface area (Å²) < 4.78 is 0. The van der Waals surface area contributed by atoms with Crippen LogP contribution < -0.4 is 15.6 Å². The molecule has 0 radical (unpaired) electrons. The van der Waals surface area contributed by atoms with E-state index in [1.165, 1.54) is 28.9 Å². The Balaban J connectivity index is 2.41. The Kier molecular flexibility index (Phi) is 6.41. The maximum absolute atomic E-state index is 2.31. The molecule has 0 aliphatic heterocycles. The van der Waals surface area contributed by atoms with Crippen molar-refractivity contribution in [3.05, 3.63) is 91.0 Å². The fraction of sp³-hybridized carbons (Fsp3) is 0.174. The van der Waals surface area contributed by atoms with Crippen LogP contribution in [0.2, 0.25) is 0 Å². The Morgan fingerprint density at radius 3 is 1.11 bits per heavy atom. The van der Waals surface area contributed by atoms with E-state index in [0.717, 1.165) is 0 Å². The highest BCUT2D eigenvalue weighted by atomic mass is 31.3. The summed E-state index contributed by atoms with van der Waals surface area (Å²) in [6.45, 7) is 0. The van der Waals surface area contributed by atoms with Crippen molar-refractivity contribution in [1.82, 2.24) is 9.80 Å². The van der Waals surface area contributed by atoms with Crippen LogP contribution >= 0.6 is 7.75 Å². The molecule has 0 spiro atoms. The number of rotatable bonds is 6. The van der Waals surface area contributed by atoms with Gasteiger partial charge in [-0.2, -0.15) is 0 Å². The molecule has 0 aliphatic carbocycles. The van der Waals surface area contributed by atoms with Crippen LogP contribution in [-0.4, -0.2) is 51.3 Å². The van der Waals surface area contributed by atoms with E-state index in [2.05, 4.69) is 129 Å². The second kappa shape index (κ2) is 8.77. The summed E-state index contributed by atoms with van der Waals surface area (Å²) in [5.41, 5.74) is 1.32. The number of benzene rings is 3. The third kappa shape index (κ3) is 4.12. The molecule has 27 heavy (non-hydrogen) atoms. The maximum Gasteiger partial charge on any atom is 0.206 e. The van der Waals surface area contributed by atoms with Gasteiger partial charge >= 0.3 is 0 Å². The van der Waals surface area contributed by atoms with Crippen LogP contribution in [0.15, 0.2) is 91.0 Å². The van der Waals surface area contributed by atoms with Crippen LogP contribution in [-0.2, 0) is 0 Å². The van der Waals surface area contributed by atoms with Gasteiger partial charge in [0, 0.05) is 0 Å². The van der Waals surface area contributed by atoms with Gasteiger partial charge in [0.1, 0.15) is 0 Å². The van der Waals surface area contributed by atoms with Gasteiger partial charge in [0.25, 0.3) is 0 Å². The second-order valence-corrected chi connectivity index (χ2v) is 13.5. The average Bonchev–Trinajstić information content (AvgIpc) is 2.70. The molecule has 0 saturated carbocycles. The van der Waals surface area contributed by atoms with E-state index in [-0.39, 0.29) is 0 Å². The summed E-state index contributed by atoms with van der Waals surface area (Å²) >= 11 is 0. The molecule has 0 fully saturated rings. The molecule has 3 rings (SSSR count). The molecular formula is C23H27N2PSi. The van der Waals surface area contributed by atoms with E-state index in [9.17, 15) is 0 Å². The Bertz CT molecular complexity index is 771. The van der Waals surface area contributed by atoms with E-state index in [1.54, 1.807) is 0 Å². The molecule has 0 unspecified atom stereocenters. The summed E-state index contributed by atoms with van der Waals surface area (Å²) in [5.74, 6) is 0. The highest BCUT2D eigenvalue weighted by molar-refractivity contribution is 7.89. The molecule has 0 aromatic heterocycles. The lowest BCUT2D eigenvalue weighted by Gasteiger charge is -2.33.